The first-order valence-electron chi connectivity index (χ1n) is 10.7. The minimum absolute atomic E-state index is 0.218. The number of hydrogen-bond acceptors (Lipinski definition) is 5. The van der Waals surface area contributed by atoms with Crippen LogP contribution in [0.3, 0.4) is 0 Å². The molecular weight excluding hydrogens is 482 g/mol. The molecule has 1 aliphatic heterocycles. The highest BCUT2D eigenvalue weighted by atomic mass is 79.9. The number of halogens is 1. The summed E-state index contributed by atoms with van der Waals surface area (Å²) in [7, 11) is 3.34. The third kappa shape index (κ3) is 3.12. The lowest BCUT2D eigenvalue weighted by molar-refractivity contribution is 0.0515. The first-order chi connectivity index (χ1) is 15.9. The number of methoxy groups -OCH3 is 1. The fourth-order valence-corrected chi connectivity index (χ4v) is 5.67. The van der Waals surface area contributed by atoms with Crippen molar-refractivity contribution in [3.63, 3.8) is 0 Å². The summed E-state index contributed by atoms with van der Waals surface area (Å²) in [6, 6.07) is 21.5. The summed E-state index contributed by atoms with van der Waals surface area (Å²) in [4.78, 5) is 43.6. The van der Waals surface area contributed by atoms with E-state index >= 15 is 0 Å². The smallest absolute Gasteiger partial charge is 0.192 e. The fourth-order valence-electron chi connectivity index (χ4n) is 5.41. The Kier molecular flexibility index (Phi) is 5.30. The molecule has 166 valence electrons. The van der Waals surface area contributed by atoms with Crippen molar-refractivity contribution in [2.24, 2.45) is 5.92 Å². The number of nitrogens with zero attached hydrogens (tertiary/aromatic N) is 1. The van der Waals surface area contributed by atoms with Crippen molar-refractivity contribution < 1.29 is 19.1 Å². The molecule has 2 unspecified atom stereocenters. The third-order valence-electron chi connectivity index (χ3n) is 6.99. The maximum Gasteiger partial charge on any atom is 0.192 e. The fraction of sp³-hybridized carbons (Fsp3) is 0.222. The van der Waals surface area contributed by atoms with Crippen LogP contribution in [0.1, 0.15) is 42.6 Å². The lowest BCUT2D eigenvalue weighted by atomic mass is 9.70. The SMILES string of the molecule is COc1ccc(C(=O)C2C(c3ccc(Br)cc3)CN(C)C23C(=O)c2ccccc2C3=O)cc1. The van der Waals surface area contributed by atoms with Crippen LogP contribution in [0.5, 0.6) is 5.75 Å². The number of benzene rings is 3. The number of carbonyl (C=O) groups excluding carboxylic acids is 3. The highest BCUT2D eigenvalue weighted by molar-refractivity contribution is 9.10. The average molecular weight is 504 g/mol. The molecule has 2 atom stereocenters. The van der Waals surface area contributed by atoms with Crippen LogP contribution in [0.4, 0.5) is 0 Å². The van der Waals surface area contributed by atoms with Gasteiger partial charge in [0.15, 0.2) is 22.9 Å². The van der Waals surface area contributed by atoms with Gasteiger partial charge in [-0.3, -0.25) is 19.3 Å². The van der Waals surface area contributed by atoms with Crippen molar-refractivity contribution in [3.05, 3.63) is 99.5 Å². The second-order valence-corrected chi connectivity index (χ2v) is 9.49. The molecule has 3 aromatic rings. The summed E-state index contributed by atoms with van der Waals surface area (Å²) < 4.78 is 6.15. The number of ketones is 3. The molecule has 1 heterocycles. The molecule has 0 saturated carbocycles. The van der Waals surface area contributed by atoms with E-state index in [1.807, 2.05) is 24.3 Å². The van der Waals surface area contributed by atoms with Gasteiger partial charge in [-0.1, -0.05) is 52.3 Å². The molecule has 0 amide bonds. The molecule has 3 aromatic carbocycles. The number of carbonyl (C=O) groups is 3. The average Bonchev–Trinajstić information content (AvgIpc) is 3.27. The lowest BCUT2D eigenvalue weighted by Crippen LogP contribution is -2.57. The van der Waals surface area contributed by atoms with E-state index in [2.05, 4.69) is 15.9 Å². The van der Waals surface area contributed by atoms with Gasteiger partial charge in [-0.05, 0) is 49.0 Å². The van der Waals surface area contributed by atoms with E-state index in [9.17, 15) is 14.4 Å². The summed E-state index contributed by atoms with van der Waals surface area (Å²) >= 11 is 3.46. The number of fused-ring (bicyclic) bond motifs is 1. The molecule has 1 fully saturated rings. The highest BCUT2D eigenvalue weighted by Crippen LogP contribution is 2.51. The van der Waals surface area contributed by atoms with Gasteiger partial charge in [0.2, 0.25) is 0 Å². The van der Waals surface area contributed by atoms with Crippen LogP contribution in [0.25, 0.3) is 0 Å². The van der Waals surface area contributed by atoms with Gasteiger partial charge < -0.3 is 4.74 Å². The Balaban J connectivity index is 1.69. The molecule has 0 N–H and O–H groups in total. The number of rotatable bonds is 4. The first-order valence-corrected chi connectivity index (χ1v) is 11.5. The van der Waals surface area contributed by atoms with E-state index in [1.165, 1.54) is 0 Å². The van der Waals surface area contributed by atoms with Crippen molar-refractivity contribution in [1.29, 1.82) is 0 Å². The Hall–Kier alpha value is -3.09. The van der Waals surface area contributed by atoms with E-state index in [-0.39, 0.29) is 23.3 Å². The largest absolute Gasteiger partial charge is 0.497 e. The third-order valence-corrected chi connectivity index (χ3v) is 7.52. The van der Waals surface area contributed by atoms with Crippen LogP contribution in [0.15, 0.2) is 77.3 Å². The Labute approximate surface area is 200 Å². The van der Waals surface area contributed by atoms with E-state index < -0.39 is 11.5 Å². The summed E-state index contributed by atoms with van der Waals surface area (Å²) in [6.45, 7) is 0.416. The Morgan fingerprint density at radius 3 is 2.06 bits per heavy atom. The molecule has 1 saturated heterocycles. The van der Waals surface area contributed by atoms with Gasteiger partial charge in [-0.25, -0.2) is 0 Å². The molecular formula is C27H22BrNO4. The van der Waals surface area contributed by atoms with E-state index in [4.69, 9.17) is 4.74 Å². The van der Waals surface area contributed by atoms with Crippen molar-refractivity contribution in [2.75, 3.05) is 20.7 Å². The Morgan fingerprint density at radius 2 is 1.52 bits per heavy atom. The number of ether oxygens (including phenoxy) is 1. The molecule has 1 spiro atoms. The summed E-state index contributed by atoms with van der Waals surface area (Å²) in [5.74, 6) is -1.35. The van der Waals surface area contributed by atoms with E-state index in [1.54, 1.807) is 67.6 Å². The second-order valence-electron chi connectivity index (χ2n) is 8.58. The minimum atomic E-state index is -1.56. The van der Waals surface area contributed by atoms with Crippen LogP contribution in [0, 0.1) is 5.92 Å². The van der Waals surface area contributed by atoms with Crippen LogP contribution in [-0.4, -0.2) is 48.5 Å². The van der Waals surface area contributed by atoms with Crippen molar-refractivity contribution in [2.45, 2.75) is 11.5 Å². The lowest BCUT2D eigenvalue weighted by Gasteiger charge is -2.34. The zero-order chi connectivity index (χ0) is 23.3. The zero-order valence-corrected chi connectivity index (χ0v) is 19.8. The monoisotopic (exact) mass is 503 g/mol. The molecule has 5 rings (SSSR count). The summed E-state index contributed by atoms with van der Waals surface area (Å²) in [6.07, 6.45) is 0. The van der Waals surface area contributed by atoms with Crippen LogP contribution in [-0.2, 0) is 0 Å². The van der Waals surface area contributed by atoms with Gasteiger partial charge in [-0.2, -0.15) is 0 Å². The van der Waals surface area contributed by atoms with E-state index in [0.717, 1.165) is 10.0 Å². The van der Waals surface area contributed by atoms with Gasteiger partial charge in [-0.15, -0.1) is 0 Å². The van der Waals surface area contributed by atoms with E-state index in [0.29, 0.717) is 29.0 Å². The predicted octanol–water partition coefficient (Wildman–Crippen LogP) is 4.80. The van der Waals surface area contributed by atoms with Gasteiger partial charge in [0.05, 0.1) is 13.0 Å². The Morgan fingerprint density at radius 1 is 0.939 bits per heavy atom. The van der Waals surface area contributed by atoms with Crippen LogP contribution in [0.2, 0.25) is 0 Å². The molecule has 5 nitrogen and oxygen atoms in total. The second kappa shape index (κ2) is 8.04. The highest BCUT2D eigenvalue weighted by Gasteiger charge is 2.67. The van der Waals surface area contributed by atoms with Gasteiger partial charge in [0, 0.05) is 33.6 Å². The first kappa shape index (κ1) is 21.7. The van der Waals surface area contributed by atoms with Gasteiger partial charge in [0.25, 0.3) is 0 Å². The standard InChI is InChI=1S/C27H22BrNO4/c1-29-15-22(16-7-11-18(28)12-8-16)23(24(30)17-9-13-19(33-2)14-10-17)27(29)25(31)20-5-3-4-6-21(20)26(27)32/h3-14,22-23H,15H2,1-2H3. The number of likely N-dealkylation sites (N-methyl/N-ethyl adjacent to an activating group) is 1. The maximum atomic E-state index is 14.1. The number of Topliss-reactive ketones (excluding diaryl/α,β-unsaturated/α-hetero) is 3. The molecule has 1 aliphatic carbocycles. The molecule has 33 heavy (non-hydrogen) atoms. The molecule has 0 bridgehead atoms. The van der Waals surface area contributed by atoms with Crippen molar-refractivity contribution in [1.82, 2.24) is 4.90 Å². The normalized spacial score (nSPS) is 21.4. The summed E-state index contributed by atoms with van der Waals surface area (Å²) in [5.41, 5.74) is 0.592. The molecule has 0 radical (unpaired) electrons. The number of hydrogen-bond donors (Lipinski definition) is 0. The van der Waals surface area contributed by atoms with Crippen molar-refractivity contribution >= 4 is 33.3 Å². The van der Waals surface area contributed by atoms with Crippen LogP contribution >= 0.6 is 15.9 Å². The predicted molar refractivity (Wildman–Crippen MR) is 128 cm³/mol. The summed E-state index contributed by atoms with van der Waals surface area (Å²) in [5, 5.41) is 0. The van der Waals surface area contributed by atoms with Gasteiger partial charge in [0.1, 0.15) is 5.75 Å². The Bertz CT molecular complexity index is 1230. The zero-order valence-electron chi connectivity index (χ0n) is 18.2. The molecule has 0 aromatic heterocycles. The quantitative estimate of drug-likeness (QED) is 0.377. The van der Waals surface area contributed by atoms with Crippen molar-refractivity contribution in [3.8, 4) is 5.75 Å². The number of likely N-dealkylation sites (tertiary alicyclic amines) is 1. The molecule has 2 aliphatic rings. The van der Waals surface area contributed by atoms with Crippen LogP contribution < -0.4 is 4.74 Å². The maximum absolute atomic E-state index is 14.1. The topological polar surface area (TPSA) is 63.7 Å². The molecule has 6 heteroatoms. The minimum Gasteiger partial charge on any atom is -0.497 e. The van der Waals surface area contributed by atoms with Gasteiger partial charge >= 0.3 is 0 Å².